The van der Waals surface area contributed by atoms with Gasteiger partial charge >= 0.3 is 5.97 Å². The largest absolute Gasteiger partial charge is 0.480 e. The average Bonchev–Trinajstić information content (AvgIpc) is 2.06. The molecule has 0 bridgehead atoms. The highest BCUT2D eigenvalue weighted by molar-refractivity contribution is 5.72. The zero-order chi connectivity index (χ0) is 10.7. The molecule has 0 radical (unpaired) electrons. The van der Waals surface area contributed by atoms with Crippen molar-refractivity contribution in [1.82, 2.24) is 0 Å². The molecule has 0 heterocycles. The molecular formula is C8H20N2O3. The lowest BCUT2D eigenvalue weighted by atomic mass is 10.1. The zero-order valence-electron chi connectivity index (χ0n) is 8.07. The highest BCUT2D eigenvalue weighted by atomic mass is 16.4. The lowest BCUT2D eigenvalue weighted by Crippen LogP contribution is -2.29. The number of nitrogens with two attached hydrogens (primary N) is 2. The molecule has 0 rings (SSSR count). The molecule has 0 aliphatic rings. The topological polar surface area (TPSA) is 110 Å². The lowest BCUT2D eigenvalue weighted by molar-refractivity contribution is -0.138. The van der Waals surface area contributed by atoms with E-state index in [0.29, 0.717) is 13.0 Å². The second-order valence-electron chi connectivity index (χ2n) is 2.55. The van der Waals surface area contributed by atoms with Crippen LogP contribution in [0, 0.1) is 0 Å². The maximum Gasteiger partial charge on any atom is 0.320 e. The van der Waals surface area contributed by atoms with Crippen molar-refractivity contribution >= 4 is 5.97 Å². The molecular weight excluding hydrogens is 172 g/mol. The average molecular weight is 192 g/mol. The number of aliphatic carboxylic acids is 1. The third-order valence-corrected chi connectivity index (χ3v) is 1.29. The van der Waals surface area contributed by atoms with E-state index in [1.807, 2.05) is 0 Å². The number of carbonyl (C=O) groups is 1. The fourth-order valence-electron chi connectivity index (χ4n) is 0.632. The molecule has 1 unspecified atom stereocenters. The van der Waals surface area contributed by atoms with Crippen LogP contribution in [0.1, 0.15) is 26.2 Å². The first-order chi connectivity index (χ1) is 6.09. The minimum absolute atomic E-state index is 0.250. The Labute approximate surface area is 78.7 Å². The molecule has 5 nitrogen and oxygen atoms in total. The molecule has 6 N–H and O–H groups in total. The minimum Gasteiger partial charge on any atom is -0.480 e. The van der Waals surface area contributed by atoms with Crippen LogP contribution >= 0.6 is 0 Å². The molecule has 80 valence electrons. The molecule has 0 aromatic heterocycles. The van der Waals surface area contributed by atoms with E-state index >= 15 is 0 Å². The van der Waals surface area contributed by atoms with E-state index in [2.05, 4.69) is 0 Å². The second-order valence-corrected chi connectivity index (χ2v) is 2.55. The maximum atomic E-state index is 10.1. The van der Waals surface area contributed by atoms with Crippen molar-refractivity contribution in [2.45, 2.75) is 32.2 Å². The summed E-state index contributed by atoms with van der Waals surface area (Å²) in [5.41, 5.74) is 10.4. The van der Waals surface area contributed by atoms with Crippen molar-refractivity contribution in [1.29, 1.82) is 0 Å². The predicted molar refractivity (Wildman–Crippen MR) is 51.3 cm³/mol. The van der Waals surface area contributed by atoms with Crippen LogP contribution in [0.25, 0.3) is 0 Å². The van der Waals surface area contributed by atoms with Gasteiger partial charge in [-0.05, 0) is 26.3 Å². The summed E-state index contributed by atoms with van der Waals surface area (Å²) in [5.74, 6) is -0.933. The van der Waals surface area contributed by atoms with Crippen molar-refractivity contribution in [2.75, 3.05) is 13.2 Å². The molecule has 5 heteroatoms. The molecule has 0 spiro atoms. The number of carboxylic acid groups (broad SMARTS) is 1. The van der Waals surface area contributed by atoms with Crippen LogP contribution in [0.15, 0.2) is 0 Å². The third-order valence-electron chi connectivity index (χ3n) is 1.29. The molecule has 0 aliphatic carbocycles. The molecule has 0 aromatic rings. The Hall–Kier alpha value is -0.650. The smallest absolute Gasteiger partial charge is 0.320 e. The van der Waals surface area contributed by atoms with Gasteiger partial charge in [0.25, 0.3) is 0 Å². The van der Waals surface area contributed by atoms with Gasteiger partial charge in [-0.1, -0.05) is 6.42 Å². The summed E-state index contributed by atoms with van der Waals surface area (Å²) >= 11 is 0. The van der Waals surface area contributed by atoms with Crippen LogP contribution in [-0.2, 0) is 4.79 Å². The predicted octanol–water partition coefficient (Wildman–Crippen LogP) is -0.474. The van der Waals surface area contributed by atoms with E-state index in [4.69, 9.17) is 21.7 Å². The Morgan fingerprint density at radius 1 is 1.46 bits per heavy atom. The maximum absolute atomic E-state index is 10.1. The molecule has 0 saturated heterocycles. The van der Waals surface area contributed by atoms with E-state index < -0.39 is 12.0 Å². The number of aliphatic hydroxyl groups is 1. The van der Waals surface area contributed by atoms with Crippen LogP contribution < -0.4 is 11.5 Å². The molecule has 0 aliphatic heterocycles. The molecule has 13 heavy (non-hydrogen) atoms. The number of hydrogen-bond acceptors (Lipinski definition) is 4. The quantitative estimate of drug-likeness (QED) is 0.440. The standard InChI is InChI=1S/C6H14N2O2.C2H6O/c7-4-2-1-3-5(8)6(9)10;1-2-3/h5H,1-4,7-8H2,(H,9,10);3H,2H2,1H3. The van der Waals surface area contributed by atoms with Gasteiger partial charge in [0.1, 0.15) is 6.04 Å². The number of unbranched alkanes of at least 4 members (excludes halogenated alkanes) is 1. The van der Waals surface area contributed by atoms with E-state index in [9.17, 15) is 4.79 Å². The Morgan fingerprint density at radius 3 is 2.23 bits per heavy atom. The summed E-state index contributed by atoms with van der Waals surface area (Å²) in [4.78, 5) is 10.1. The molecule has 0 saturated carbocycles. The summed E-state index contributed by atoms with van der Waals surface area (Å²) in [7, 11) is 0. The zero-order valence-corrected chi connectivity index (χ0v) is 8.07. The number of hydrogen-bond donors (Lipinski definition) is 4. The van der Waals surface area contributed by atoms with Gasteiger partial charge in [0.2, 0.25) is 0 Å². The van der Waals surface area contributed by atoms with Crippen LogP contribution in [0.5, 0.6) is 0 Å². The summed E-state index contributed by atoms with van der Waals surface area (Å²) in [6, 6.07) is -0.716. The van der Waals surface area contributed by atoms with Crippen LogP contribution in [0.3, 0.4) is 0 Å². The summed E-state index contributed by atoms with van der Waals surface area (Å²) in [5, 5.41) is 15.9. The Kier molecular flexibility index (Phi) is 13.0. The van der Waals surface area contributed by atoms with Gasteiger partial charge in [-0.15, -0.1) is 0 Å². The van der Waals surface area contributed by atoms with Crippen LogP contribution in [-0.4, -0.2) is 35.4 Å². The van der Waals surface area contributed by atoms with E-state index in [-0.39, 0.29) is 6.61 Å². The van der Waals surface area contributed by atoms with Gasteiger partial charge in [-0.3, -0.25) is 4.79 Å². The third kappa shape index (κ3) is 14.2. The monoisotopic (exact) mass is 192 g/mol. The van der Waals surface area contributed by atoms with E-state index in [0.717, 1.165) is 12.8 Å². The van der Waals surface area contributed by atoms with Gasteiger partial charge in [0.15, 0.2) is 0 Å². The van der Waals surface area contributed by atoms with E-state index in [1.54, 1.807) is 6.92 Å². The summed E-state index contributed by atoms with van der Waals surface area (Å²) < 4.78 is 0. The highest BCUT2D eigenvalue weighted by Crippen LogP contribution is 1.96. The minimum atomic E-state index is -0.933. The molecule has 0 aromatic carbocycles. The highest BCUT2D eigenvalue weighted by Gasteiger charge is 2.09. The van der Waals surface area contributed by atoms with Crippen LogP contribution in [0.2, 0.25) is 0 Å². The second kappa shape index (κ2) is 11.4. The van der Waals surface area contributed by atoms with Gasteiger partial charge in [-0.2, -0.15) is 0 Å². The fourth-order valence-corrected chi connectivity index (χ4v) is 0.632. The Bertz CT molecular complexity index is 120. The van der Waals surface area contributed by atoms with Crippen molar-refractivity contribution in [3.63, 3.8) is 0 Å². The van der Waals surface area contributed by atoms with Crippen molar-refractivity contribution in [3.05, 3.63) is 0 Å². The van der Waals surface area contributed by atoms with Crippen molar-refractivity contribution in [3.8, 4) is 0 Å². The van der Waals surface area contributed by atoms with Gasteiger partial charge in [-0.25, -0.2) is 0 Å². The number of aliphatic hydroxyl groups excluding tert-OH is 1. The molecule has 0 amide bonds. The fraction of sp³-hybridized carbons (Fsp3) is 0.875. The van der Waals surface area contributed by atoms with Crippen molar-refractivity contribution < 1.29 is 15.0 Å². The Morgan fingerprint density at radius 2 is 1.92 bits per heavy atom. The summed E-state index contributed by atoms with van der Waals surface area (Å²) in [6.45, 7) is 2.53. The molecule has 0 fully saturated rings. The summed E-state index contributed by atoms with van der Waals surface area (Å²) in [6.07, 6.45) is 2.16. The number of carboxylic acids is 1. The first-order valence-corrected chi connectivity index (χ1v) is 4.39. The van der Waals surface area contributed by atoms with Gasteiger partial charge < -0.3 is 21.7 Å². The van der Waals surface area contributed by atoms with Gasteiger partial charge in [0.05, 0.1) is 0 Å². The molecule has 1 atom stereocenters. The normalized spacial score (nSPS) is 11.4. The Balaban J connectivity index is 0. The van der Waals surface area contributed by atoms with E-state index in [1.165, 1.54) is 0 Å². The first kappa shape index (κ1) is 14.9. The lowest BCUT2D eigenvalue weighted by Gasteiger charge is -2.03. The number of rotatable bonds is 5. The van der Waals surface area contributed by atoms with Gasteiger partial charge in [0, 0.05) is 6.61 Å². The van der Waals surface area contributed by atoms with Crippen LogP contribution in [0.4, 0.5) is 0 Å². The SMILES string of the molecule is CCO.NCCCCC(N)C(=O)O. The van der Waals surface area contributed by atoms with Crippen molar-refractivity contribution in [2.24, 2.45) is 11.5 Å². The first-order valence-electron chi connectivity index (χ1n) is 4.39.